The normalized spacial score (nSPS) is 20.0. The maximum atomic E-state index is 13.3. The molecule has 8 heteroatoms. The number of aromatic nitrogens is 3. The number of allylic oxidation sites excluding steroid dienone is 2. The maximum Gasteiger partial charge on any atom is 0.337 e. The van der Waals surface area contributed by atoms with E-state index < -0.39 is 12.0 Å². The molecule has 31 heavy (non-hydrogen) atoms. The van der Waals surface area contributed by atoms with Gasteiger partial charge in [0.25, 0.3) is 0 Å². The Kier molecular flexibility index (Phi) is 4.54. The third kappa shape index (κ3) is 3.16. The molecule has 2 aromatic carbocycles. The smallest absolute Gasteiger partial charge is 0.337 e. The van der Waals surface area contributed by atoms with E-state index in [0.29, 0.717) is 29.9 Å². The summed E-state index contributed by atoms with van der Waals surface area (Å²) in [5.74, 6) is 0.184. The first-order valence-electron chi connectivity index (χ1n) is 9.95. The second kappa shape index (κ2) is 7.39. The number of hydrogen-bond donors (Lipinski definition) is 2. The molecule has 2 N–H and O–H groups in total. The molecule has 0 fully saturated rings. The number of anilines is 1. The van der Waals surface area contributed by atoms with Crippen LogP contribution >= 0.6 is 0 Å². The minimum atomic E-state index is -0.446. The number of esters is 1. The summed E-state index contributed by atoms with van der Waals surface area (Å²) in [6.07, 6.45) is 2.31. The Hall–Kier alpha value is -3.94. The van der Waals surface area contributed by atoms with Crippen LogP contribution in [-0.4, -0.2) is 38.7 Å². The van der Waals surface area contributed by atoms with E-state index in [4.69, 9.17) is 4.74 Å². The molecule has 0 unspecified atom stereocenters. The fraction of sp³-hybridized carbons (Fsp3) is 0.217. The Balaban J connectivity index is 1.57. The lowest BCUT2D eigenvalue weighted by atomic mass is 9.77. The van der Waals surface area contributed by atoms with Crippen LogP contribution in [0, 0.1) is 0 Å². The molecule has 0 saturated carbocycles. The van der Waals surface area contributed by atoms with Crippen LogP contribution in [-0.2, 0) is 9.53 Å². The third-order valence-corrected chi connectivity index (χ3v) is 5.89. The number of ketones is 1. The van der Waals surface area contributed by atoms with Crippen molar-refractivity contribution >= 4 is 17.7 Å². The molecule has 1 aromatic heterocycles. The van der Waals surface area contributed by atoms with Gasteiger partial charge < -0.3 is 15.2 Å². The molecule has 2 atom stereocenters. The van der Waals surface area contributed by atoms with Crippen molar-refractivity contribution in [3.05, 3.63) is 82.8 Å². The minimum Gasteiger partial charge on any atom is -0.508 e. The number of nitrogens with zero attached hydrogens (tertiary/aromatic N) is 3. The number of Topliss-reactive ketones (excluding diaryl/α,β-unsaturated/α-hetero) is 1. The van der Waals surface area contributed by atoms with Gasteiger partial charge in [0, 0.05) is 23.6 Å². The SMILES string of the molecule is COC(=O)c1ccc([C@@H]2C3=C(C[C@@H](c4ccccc4O)CC3=O)Nc3ncnn32)cc1. The van der Waals surface area contributed by atoms with Gasteiger partial charge >= 0.3 is 5.97 Å². The second-order valence-corrected chi connectivity index (χ2v) is 7.65. The van der Waals surface area contributed by atoms with Crippen LogP contribution < -0.4 is 5.32 Å². The van der Waals surface area contributed by atoms with Gasteiger partial charge in [-0.3, -0.25) is 4.79 Å². The van der Waals surface area contributed by atoms with E-state index in [0.717, 1.165) is 16.8 Å². The summed E-state index contributed by atoms with van der Waals surface area (Å²) in [4.78, 5) is 29.4. The summed E-state index contributed by atoms with van der Waals surface area (Å²) in [5, 5.41) is 17.9. The highest BCUT2D eigenvalue weighted by Crippen LogP contribution is 2.45. The number of para-hydroxylation sites is 1. The Bertz CT molecular complexity index is 1210. The quantitative estimate of drug-likeness (QED) is 0.632. The average Bonchev–Trinajstić information content (AvgIpc) is 3.25. The van der Waals surface area contributed by atoms with Crippen LogP contribution in [0.25, 0.3) is 0 Å². The van der Waals surface area contributed by atoms with Crippen LogP contribution in [0.3, 0.4) is 0 Å². The molecule has 0 radical (unpaired) electrons. The van der Waals surface area contributed by atoms with E-state index in [1.807, 2.05) is 12.1 Å². The molecular formula is C23H20N4O4. The van der Waals surface area contributed by atoms with Gasteiger partial charge in [-0.05, 0) is 35.7 Å². The number of methoxy groups -OCH3 is 1. The van der Waals surface area contributed by atoms with Gasteiger partial charge in [0.05, 0.1) is 12.7 Å². The third-order valence-electron chi connectivity index (χ3n) is 5.89. The monoisotopic (exact) mass is 416 g/mol. The number of aromatic hydroxyl groups is 1. The van der Waals surface area contributed by atoms with Crippen LogP contribution in [0.1, 0.15) is 46.3 Å². The van der Waals surface area contributed by atoms with Crippen molar-refractivity contribution in [1.29, 1.82) is 0 Å². The van der Waals surface area contributed by atoms with E-state index in [1.54, 1.807) is 41.1 Å². The van der Waals surface area contributed by atoms with Gasteiger partial charge in [-0.25, -0.2) is 9.48 Å². The zero-order valence-electron chi connectivity index (χ0n) is 16.8. The Labute approximate surface area is 178 Å². The Morgan fingerprint density at radius 3 is 2.68 bits per heavy atom. The number of benzene rings is 2. The highest BCUT2D eigenvalue weighted by atomic mass is 16.5. The summed E-state index contributed by atoms with van der Waals surface area (Å²) >= 11 is 0. The molecular weight excluding hydrogens is 396 g/mol. The Morgan fingerprint density at radius 1 is 1.16 bits per heavy atom. The van der Waals surface area contributed by atoms with Gasteiger partial charge in [-0.15, -0.1) is 0 Å². The largest absolute Gasteiger partial charge is 0.508 e. The summed E-state index contributed by atoms with van der Waals surface area (Å²) in [6, 6.07) is 13.6. The first-order chi connectivity index (χ1) is 15.1. The van der Waals surface area contributed by atoms with Gasteiger partial charge in [0.15, 0.2) is 5.78 Å². The number of ether oxygens (including phenoxy) is 1. The van der Waals surface area contributed by atoms with E-state index >= 15 is 0 Å². The number of carbonyl (C=O) groups excluding carboxylic acids is 2. The van der Waals surface area contributed by atoms with E-state index in [2.05, 4.69) is 15.4 Å². The van der Waals surface area contributed by atoms with Crippen molar-refractivity contribution in [2.75, 3.05) is 12.4 Å². The fourth-order valence-electron chi connectivity index (χ4n) is 4.43. The summed E-state index contributed by atoms with van der Waals surface area (Å²) in [5.41, 5.74) is 3.43. The number of phenols is 1. The first kappa shape index (κ1) is 19.0. The molecule has 156 valence electrons. The van der Waals surface area contributed by atoms with E-state index in [-0.39, 0.29) is 17.5 Å². The molecule has 2 heterocycles. The van der Waals surface area contributed by atoms with Crippen LogP contribution in [0.15, 0.2) is 66.1 Å². The topological polar surface area (TPSA) is 106 Å². The fourth-order valence-corrected chi connectivity index (χ4v) is 4.43. The number of phenolic OH excluding ortho intramolecular Hbond substituents is 1. The van der Waals surface area contributed by atoms with Crippen LogP contribution in [0.4, 0.5) is 5.95 Å². The molecule has 5 rings (SSSR count). The molecule has 3 aromatic rings. The van der Waals surface area contributed by atoms with E-state index in [9.17, 15) is 14.7 Å². The number of rotatable bonds is 3. The highest BCUT2D eigenvalue weighted by molar-refractivity contribution is 6.00. The van der Waals surface area contributed by atoms with Gasteiger partial charge in [-0.2, -0.15) is 10.1 Å². The standard InChI is InChI=1S/C23H20N4O4/c1-31-22(30)14-8-6-13(7-9-14)21-20-17(26-23-24-12-25-27(21)23)10-15(11-19(20)29)16-4-2-3-5-18(16)28/h2-9,12,15,21,28H,10-11H2,1H3,(H,24,25,26)/t15-,21-/m1/s1. The lowest BCUT2D eigenvalue weighted by molar-refractivity contribution is -0.116. The summed E-state index contributed by atoms with van der Waals surface area (Å²) in [6.45, 7) is 0. The molecule has 0 bridgehead atoms. The zero-order valence-corrected chi connectivity index (χ0v) is 16.8. The lowest BCUT2D eigenvalue weighted by Crippen LogP contribution is -2.33. The highest BCUT2D eigenvalue weighted by Gasteiger charge is 2.39. The van der Waals surface area contributed by atoms with Gasteiger partial charge in [0.2, 0.25) is 5.95 Å². The number of hydrogen-bond acceptors (Lipinski definition) is 7. The van der Waals surface area contributed by atoms with Crippen molar-refractivity contribution in [2.24, 2.45) is 0 Å². The predicted octanol–water partition coefficient (Wildman–Crippen LogP) is 3.19. The Morgan fingerprint density at radius 2 is 1.94 bits per heavy atom. The van der Waals surface area contributed by atoms with Gasteiger partial charge in [0.1, 0.15) is 18.1 Å². The van der Waals surface area contributed by atoms with Crippen LogP contribution in [0.5, 0.6) is 5.75 Å². The number of fused-ring (bicyclic) bond motifs is 1. The molecule has 0 amide bonds. The first-order valence-corrected chi connectivity index (χ1v) is 9.95. The number of carbonyl (C=O) groups is 2. The van der Waals surface area contributed by atoms with Crippen molar-refractivity contribution in [3.8, 4) is 5.75 Å². The van der Waals surface area contributed by atoms with Crippen molar-refractivity contribution < 1.29 is 19.4 Å². The molecule has 0 spiro atoms. The van der Waals surface area contributed by atoms with Crippen molar-refractivity contribution in [3.63, 3.8) is 0 Å². The zero-order chi connectivity index (χ0) is 21.5. The number of nitrogens with one attached hydrogen (secondary N) is 1. The maximum absolute atomic E-state index is 13.3. The van der Waals surface area contributed by atoms with E-state index in [1.165, 1.54) is 13.4 Å². The van der Waals surface area contributed by atoms with Crippen molar-refractivity contribution in [2.45, 2.75) is 24.8 Å². The van der Waals surface area contributed by atoms with Gasteiger partial charge in [-0.1, -0.05) is 30.3 Å². The molecule has 8 nitrogen and oxygen atoms in total. The average molecular weight is 416 g/mol. The molecule has 1 aliphatic heterocycles. The van der Waals surface area contributed by atoms with Crippen LogP contribution in [0.2, 0.25) is 0 Å². The molecule has 1 aliphatic carbocycles. The lowest BCUT2D eigenvalue weighted by Gasteiger charge is -2.35. The predicted molar refractivity (Wildman–Crippen MR) is 112 cm³/mol. The summed E-state index contributed by atoms with van der Waals surface area (Å²) in [7, 11) is 1.34. The minimum absolute atomic E-state index is 0.00908. The summed E-state index contributed by atoms with van der Waals surface area (Å²) < 4.78 is 6.46. The van der Waals surface area contributed by atoms with Crippen molar-refractivity contribution in [1.82, 2.24) is 14.8 Å². The molecule has 2 aliphatic rings. The second-order valence-electron chi connectivity index (χ2n) is 7.65. The molecule has 0 saturated heterocycles.